The van der Waals surface area contributed by atoms with Gasteiger partial charge in [-0.25, -0.2) is 0 Å². The van der Waals surface area contributed by atoms with Gasteiger partial charge in [0.1, 0.15) is 12.3 Å². The molecule has 0 fully saturated rings. The second-order valence-corrected chi connectivity index (χ2v) is 4.57. The fraction of sp³-hybridized carbons (Fsp3) is 0.0625. The lowest BCUT2D eigenvalue weighted by Crippen LogP contribution is -1.95. The van der Waals surface area contributed by atoms with Crippen LogP contribution in [0.3, 0.4) is 0 Å². The average Bonchev–Trinajstić information content (AvgIpc) is 2.94. The lowest BCUT2D eigenvalue weighted by atomic mass is 10.1. The van der Waals surface area contributed by atoms with Crippen molar-refractivity contribution < 1.29 is 14.4 Å². The van der Waals surface area contributed by atoms with Gasteiger partial charge in [0.2, 0.25) is 5.88 Å². The number of nitrogen functional groups attached to an aromatic ring is 1. The van der Waals surface area contributed by atoms with Crippen molar-refractivity contribution in [3.8, 4) is 22.8 Å². The molecule has 0 aliphatic heterocycles. The summed E-state index contributed by atoms with van der Waals surface area (Å²) in [6.07, 6.45) is 0. The number of rotatable bonds is 4. The third kappa shape index (κ3) is 2.97. The number of nitrogens with zero attached hydrogens (tertiary/aromatic N) is 1. The highest BCUT2D eigenvalue weighted by atomic mass is 16.5. The molecule has 5 heteroatoms. The number of nitrogens with two attached hydrogens (primary N) is 1. The van der Waals surface area contributed by atoms with E-state index in [9.17, 15) is 5.11 Å². The van der Waals surface area contributed by atoms with E-state index >= 15 is 0 Å². The van der Waals surface area contributed by atoms with E-state index in [1.807, 2.05) is 30.3 Å². The maximum atomic E-state index is 9.87. The molecule has 0 saturated heterocycles. The molecule has 1 heterocycles. The van der Waals surface area contributed by atoms with E-state index in [4.69, 9.17) is 15.0 Å². The Morgan fingerprint density at radius 2 is 1.90 bits per heavy atom. The van der Waals surface area contributed by atoms with Gasteiger partial charge in [-0.05, 0) is 23.8 Å². The van der Waals surface area contributed by atoms with Gasteiger partial charge in [-0.15, -0.1) is 0 Å². The van der Waals surface area contributed by atoms with Crippen LogP contribution in [0.4, 0.5) is 5.88 Å². The van der Waals surface area contributed by atoms with Gasteiger partial charge >= 0.3 is 0 Å². The smallest absolute Gasteiger partial charge is 0.222 e. The fourth-order valence-electron chi connectivity index (χ4n) is 1.95. The van der Waals surface area contributed by atoms with Crippen LogP contribution in [0.15, 0.2) is 59.1 Å². The summed E-state index contributed by atoms with van der Waals surface area (Å²) in [5, 5.41) is 13.7. The van der Waals surface area contributed by atoms with Crippen molar-refractivity contribution in [1.82, 2.24) is 5.16 Å². The SMILES string of the molecule is Nc1cc(-c2ccc(O)c(OCc3ccccc3)c2)no1. The Morgan fingerprint density at radius 1 is 1.10 bits per heavy atom. The predicted molar refractivity (Wildman–Crippen MR) is 78.8 cm³/mol. The maximum Gasteiger partial charge on any atom is 0.222 e. The molecule has 106 valence electrons. The standard InChI is InChI=1S/C16H14N2O3/c17-16-9-13(18-21-16)12-6-7-14(19)15(8-12)20-10-11-4-2-1-3-5-11/h1-9,19H,10,17H2. The molecule has 0 unspecified atom stereocenters. The molecule has 1 aromatic heterocycles. The summed E-state index contributed by atoms with van der Waals surface area (Å²) in [5.41, 5.74) is 7.89. The van der Waals surface area contributed by atoms with Crippen LogP contribution in [0.2, 0.25) is 0 Å². The second-order valence-electron chi connectivity index (χ2n) is 4.57. The summed E-state index contributed by atoms with van der Waals surface area (Å²) in [4.78, 5) is 0. The van der Waals surface area contributed by atoms with Gasteiger partial charge in [0.25, 0.3) is 0 Å². The van der Waals surface area contributed by atoms with Crippen LogP contribution in [-0.2, 0) is 6.61 Å². The highest BCUT2D eigenvalue weighted by Gasteiger charge is 2.09. The van der Waals surface area contributed by atoms with Crippen LogP contribution in [0.25, 0.3) is 11.3 Å². The Morgan fingerprint density at radius 3 is 2.62 bits per heavy atom. The van der Waals surface area contributed by atoms with E-state index in [1.165, 1.54) is 0 Å². The Kier molecular flexibility index (Phi) is 3.47. The molecule has 2 aromatic carbocycles. The number of phenolic OH excluding ortho intramolecular Hbond substituents is 1. The van der Waals surface area contributed by atoms with E-state index in [0.717, 1.165) is 11.1 Å². The number of ether oxygens (including phenoxy) is 1. The summed E-state index contributed by atoms with van der Waals surface area (Å²) >= 11 is 0. The van der Waals surface area contributed by atoms with Crippen molar-refractivity contribution in [2.24, 2.45) is 0 Å². The van der Waals surface area contributed by atoms with Crippen molar-refractivity contribution in [2.75, 3.05) is 5.73 Å². The van der Waals surface area contributed by atoms with Gasteiger partial charge in [-0.3, -0.25) is 0 Å². The van der Waals surface area contributed by atoms with Gasteiger partial charge in [0.15, 0.2) is 11.5 Å². The fourth-order valence-corrected chi connectivity index (χ4v) is 1.95. The first-order valence-electron chi connectivity index (χ1n) is 6.45. The monoisotopic (exact) mass is 282 g/mol. The van der Waals surface area contributed by atoms with Crippen LogP contribution in [0, 0.1) is 0 Å². The van der Waals surface area contributed by atoms with Crippen LogP contribution in [-0.4, -0.2) is 10.3 Å². The molecule has 3 aromatic rings. The Hall–Kier alpha value is -2.95. The second kappa shape index (κ2) is 5.58. The van der Waals surface area contributed by atoms with Crippen molar-refractivity contribution in [3.63, 3.8) is 0 Å². The zero-order valence-electron chi connectivity index (χ0n) is 11.2. The molecule has 0 amide bonds. The van der Waals surface area contributed by atoms with E-state index in [0.29, 0.717) is 18.1 Å². The molecule has 3 rings (SSSR count). The Bertz CT molecular complexity index is 738. The van der Waals surface area contributed by atoms with Crippen LogP contribution in [0.5, 0.6) is 11.5 Å². The van der Waals surface area contributed by atoms with Gasteiger partial charge in [0.05, 0.1) is 0 Å². The zero-order valence-corrected chi connectivity index (χ0v) is 11.2. The van der Waals surface area contributed by atoms with E-state index in [2.05, 4.69) is 5.16 Å². The zero-order chi connectivity index (χ0) is 14.7. The minimum Gasteiger partial charge on any atom is -0.504 e. The van der Waals surface area contributed by atoms with Crippen molar-refractivity contribution in [1.29, 1.82) is 0 Å². The van der Waals surface area contributed by atoms with Crippen LogP contribution in [0.1, 0.15) is 5.56 Å². The highest BCUT2D eigenvalue weighted by molar-refractivity contribution is 5.65. The molecule has 3 N–H and O–H groups in total. The van der Waals surface area contributed by atoms with E-state index < -0.39 is 0 Å². The minimum atomic E-state index is 0.0751. The topological polar surface area (TPSA) is 81.5 Å². The summed E-state index contributed by atoms with van der Waals surface area (Å²) in [5.74, 6) is 0.703. The predicted octanol–water partition coefficient (Wildman–Crippen LogP) is 3.21. The molecule has 0 bridgehead atoms. The summed E-state index contributed by atoms with van der Waals surface area (Å²) < 4.78 is 10.5. The molecule has 5 nitrogen and oxygen atoms in total. The summed E-state index contributed by atoms with van der Waals surface area (Å²) in [6.45, 7) is 0.374. The molecule has 0 aliphatic carbocycles. The first-order chi connectivity index (χ1) is 10.2. The van der Waals surface area contributed by atoms with Crippen LogP contribution >= 0.6 is 0 Å². The number of anilines is 1. The molecule has 0 spiro atoms. The summed E-state index contributed by atoms with van der Waals surface area (Å²) in [6, 6.07) is 16.3. The average molecular weight is 282 g/mol. The molecule has 0 aliphatic rings. The normalized spacial score (nSPS) is 10.5. The molecule has 0 saturated carbocycles. The van der Waals surface area contributed by atoms with Crippen molar-refractivity contribution in [3.05, 3.63) is 60.2 Å². The van der Waals surface area contributed by atoms with Crippen molar-refractivity contribution in [2.45, 2.75) is 6.61 Å². The first-order valence-corrected chi connectivity index (χ1v) is 6.45. The van der Waals surface area contributed by atoms with Gasteiger partial charge in [0, 0.05) is 11.6 Å². The number of hydrogen-bond acceptors (Lipinski definition) is 5. The first kappa shape index (κ1) is 13.1. The number of hydrogen-bond donors (Lipinski definition) is 2. The highest BCUT2D eigenvalue weighted by Crippen LogP contribution is 2.32. The molecular weight excluding hydrogens is 268 g/mol. The van der Waals surface area contributed by atoms with Gasteiger partial charge in [-0.1, -0.05) is 35.5 Å². The Labute approximate surface area is 121 Å². The number of benzene rings is 2. The van der Waals surface area contributed by atoms with Crippen molar-refractivity contribution >= 4 is 5.88 Å². The Balaban J connectivity index is 1.81. The largest absolute Gasteiger partial charge is 0.504 e. The molecule has 0 radical (unpaired) electrons. The number of phenols is 1. The summed E-state index contributed by atoms with van der Waals surface area (Å²) in [7, 11) is 0. The molecule has 21 heavy (non-hydrogen) atoms. The minimum absolute atomic E-state index is 0.0751. The third-order valence-corrected chi connectivity index (χ3v) is 3.02. The van der Waals surface area contributed by atoms with E-state index in [1.54, 1.807) is 24.3 Å². The lowest BCUT2D eigenvalue weighted by molar-refractivity contribution is 0.289. The van der Waals surface area contributed by atoms with Gasteiger partial charge in [-0.2, -0.15) is 0 Å². The van der Waals surface area contributed by atoms with Gasteiger partial charge < -0.3 is 20.1 Å². The quantitative estimate of drug-likeness (QED) is 0.768. The van der Waals surface area contributed by atoms with E-state index in [-0.39, 0.29) is 11.6 Å². The maximum absolute atomic E-state index is 9.87. The number of aromatic nitrogens is 1. The molecule has 0 atom stereocenters. The van der Waals surface area contributed by atoms with Crippen LogP contribution < -0.4 is 10.5 Å². The lowest BCUT2D eigenvalue weighted by Gasteiger charge is -2.09. The third-order valence-electron chi connectivity index (χ3n) is 3.02. The number of aromatic hydroxyl groups is 1. The molecular formula is C16H14N2O3.